The van der Waals surface area contributed by atoms with E-state index in [1.165, 1.54) is 12.1 Å². The van der Waals surface area contributed by atoms with Gasteiger partial charge in [-0.15, -0.1) is 0 Å². The molecule has 1 aliphatic heterocycles. The number of hydrogen-bond donors (Lipinski definition) is 2. The molecule has 2 N–H and O–H groups in total. The molecule has 1 aliphatic rings. The average molecular weight is 281 g/mol. The maximum atomic E-state index is 13.1. The minimum absolute atomic E-state index is 0.321. The first kappa shape index (κ1) is 14.5. The summed E-state index contributed by atoms with van der Waals surface area (Å²) in [4.78, 5) is 22.7. The van der Waals surface area contributed by atoms with Crippen LogP contribution in [0.25, 0.3) is 0 Å². The number of amides is 1. The zero-order chi connectivity index (χ0) is 14.7. The fraction of sp³-hybridized carbons (Fsp3) is 0.429. The van der Waals surface area contributed by atoms with Crippen molar-refractivity contribution in [3.63, 3.8) is 0 Å². The fourth-order valence-corrected chi connectivity index (χ4v) is 2.18. The van der Waals surface area contributed by atoms with E-state index in [2.05, 4.69) is 5.32 Å². The Morgan fingerprint density at radius 1 is 1.40 bits per heavy atom. The van der Waals surface area contributed by atoms with Crippen LogP contribution in [0, 0.1) is 5.82 Å². The third-order valence-electron chi connectivity index (χ3n) is 3.29. The summed E-state index contributed by atoms with van der Waals surface area (Å²) in [5.74, 6) is -1.80. The van der Waals surface area contributed by atoms with Crippen LogP contribution >= 0.6 is 0 Å². The summed E-state index contributed by atoms with van der Waals surface area (Å²) >= 11 is 0. The monoisotopic (exact) mass is 281 g/mol. The summed E-state index contributed by atoms with van der Waals surface area (Å²) in [5.41, 5.74) is 0.645. The number of carboxylic acids is 1. The van der Waals surface area contributed by atoms with Gasteiger partial charge in [-0.25, -0.2) is 9.18 Å². The molecule has 1 aromatic rings. The summed E-state index contributed by atoms with van der Waals surface area (Å²) in [6.07, 6.45) is -0.984. The van der Waals surface area contributed by atoms with Gasteiger partial charge in [0.25, 0.3) is 0 Å². The Hall–Kier alpha value is -1.95. The fourth-order valence-electron chi connectivity index (χ4n) is 2.18. The van der Waals surface area contributed by atoms with E-state index in [0.717, 1.165) is 0 Å². The quantitative estimate of drug-likeness (QED) is 0.879. The highest BCUT2D eigenvalue weighted by molar-refractivity contribution is 5.82. The molecule has 2 unspecified atom stereocenters. The zero-order valence-electron chi connectivity index (χ0n) is 11.0. The van der Waals surface area contributed by atoms with Gasteiger partial charge in [0.15, 0.2) is 6.10 Å². The molecule has 0 spiro atoms. The van der Waals surface area contributed by atoms with Crippen LogP contribution in [-0.2, 0) is 14.3 Å². The number of rotatable bonds is 4. The second-order valence-electron chi connectivity index (χ2n) is 4.81. The minimum Gasteiger partial charge on any atom is -0.479 e. The molecule has 0 bridgehead atoms. The Kier molecular flexibility index (Phi) is 4.34. The number of benzene rings is 1. The van der Waals surface area contributed by atoms with Crippen LogP contribution in [0.2, 0.25) is 0 Å². The molecule has 108 valence electrons. The Bertz CT molecular complexity index is 520. The molecule has 0 aromatic heterocycles. The first-order valence-electron chi connectivity index (χ1n) is 6.41. The van der Waals surface area contributed by atoms with Crippen LogP contribution < -0.4 is 5.32 Å². The van der Waals surface area contributed by atoms with Crippen molar-refractivity contribution >= 4 is 11.9 Å². The van der Waals surface area contributed by atoms with E-state index in [9.17, 15) is 14.0 Å². The number of nitrogens with one attached hydrogen (secondary N) is 1. The molecule has 6 heteroatoms. The number of halogens is 1. The van der Waals surface area contributed by atoms with Gasteiger partial charge < -0.3 is 15.2 Å². The lowest BCUT2D eigenvalue weighted by molar-refractivity contribution is -0.151. The SMILES string of the molecule is C[C@@H](NC(=O)C1CCC(C(=O)O)O1)c1cccc(F)c1. The minimum atomic E-state index is -1.06. The van der Waals surface area contributed by atoms with Crippen molar-refractivity contribution in [3.8, 4) is 0 Å². The van der Waals surface area contributed by atoms with Gasteiger partial charge in [-0.2, -0.15) is 0 Å². The number of carbonyl (C=O) groups excluding carboxylic acids is 1. The van der Waals surface area contributed by atoms with Crippen LogP contribution in [0.15, 0.2) is 24.3 Å². The topological polar surface area (TPSA) is 75.6 Å². The molecule has 0 radical (unpaired) electrons. The molecule has 20 heavy (non-hydrogen) atoms. The molecule has 0 saturated carbocycles. The lowest BCUT2D eigenvalue weighted by Crippen LogP contribution is -2.37. The van der Waals surface area contributed by atoms with Crippen LogP contribution in [0.5, 0.6) is 0 Å². The lowest BCUT2D eigenvalue weighted by atomic mass is 10.1. The number of carboxylic acid groups (broad SMARTS) is 1. The van der Waals surface area contributed by atoms with Gasteiger partial charge in [-0.1, -0.05) is 12.1 Å². The number of ether oxygens (including phenoxy) is 1. The van der Waals surface area contributed by atoms with E-state index in [4.69, 9.17) is 9.84 Å². The summed E-state index contributed by atoms with van der Waals surface area (Å²) < 4.78 is 18.3. The largest absolute Gasteiger partial charge is 0.479 e. The van der Waals surface area contributed by atoms with E-state index >= 15 is 0 Å². The van der Waals surface area contributed by atoms with Crippen molar-refractivity contribution in [1.82, 2.24) is 5.32 Å². The molecule has 1 amide bonds. The summed E-state index contributed by atoms with van der Waals surface area (Å²) in [5, 5.41) is 11.5. The lowest BCUT2D eigenvalue weighted by Gasteiger charge is -2.17. The predicted molar refractivity (Wildman–Crippen MR) is 68.5 cm³/mol. The van der Waals surface area contributed by atoms with Gasteiger partial charge in [-0.05, 0) is 37.5 Å². The molecule has 1 fully saturated rings. The molecule has 1 heterocycles. The molecule has 0 aliphatic carbocycles. The van der Waals surface area contributed by atoms with Crippen LogP contribution in [0.4, 0.5) is 4.39 Å². The van der Waals surface area contributed by atoms with E-state index in [1.54, 1.807) is 19.1 Å². The number of aliphatic carboxylic acids is 1. The molecular weight excluding hydrogens is 265 g/mol. The Morgan fingerprint density at radius 3 is 2.70 bits per heavy atom. The molecule has 2 rings (SSSR count). The molecule has 3 atom stereocenters. The van der Waals surface area contributed by atoms with Gasteiger partial charge in [0.2, 0.25) is 5.91 Å². The van der Waals surface area contributed by atoms with Crippen molar-refractivity contribution in [1.29, 1.82) is 0 Å². The maximum absolute atomic E-state index is 13.1. The first-order valence-corrected chi connectivity index (χ1v) is 6.41. The van der Waals surface area contributed by atoms with Gasteiger partial charge in [0.05, 0.1) is 6.04 Å². The highest BCUT2D eigenvalue weighted by Crippen LogP contribution is 2.21. The zero-order valence-corrected chi connectivity index (χ0v) is 11.0. The van der Waals surface area contributed by atoms with E-state index in [0.29, 0.717) is 18.4 Å². The third kappa shape index (κ3) is 3.33. The molecule has 5 nitrogen and oxygen atoms in total. The molecule has 1 saturated heterocycles. The van der Waals surface area contributed by atoms with Gasteiger partial charge in [0, 0.05) is 0 Å². The Balaban J connectivity index is 1.93. The van der Waals surface area contributed by atoms with E-state index in [1.807, 2.05) is 0 Å². The summed E-state index contributed by atoms with van der Waals surface area (Å²) in [6, 6.07) is 5.59. The third-order valence-corrected chi connectivity index (χ3v) is 3.29. The van der Waals surface area contributed by atoms with Crippen LogP contribution in [-0.4, -0.2) is 29.2 Å². The summed E-state index contributed by atoms with van der Waals surface area (Å²) in [6.45, 7) is 1.73. The highest BCUT2D eigenvalue weighted by Gasteiger charge is 2.35. The second kappa shape index (κ2) is 6.00. The standard InChI is InChI=1S/C14H16FNO4/c1-8(9-3-2-4-10(15)7-9)16-13(17)11-5-6-12(20-11)14(18)19/h2-4,7-8,11-12H,5-6H2,1H3,(H,16,17)(H,18,19)/t8-,11?,12?/m1/s1. The normalized spacial score (nSPS) is 23.3. The van der Waals surface area contributed by atoms with E-state index < -0.39 is 18.2 Å². The Morgan fingerprint density at radius 2 is 2.10 bits per heavy atom. The number of hydrogen-bond acceptors (Lipinski definition) is 3. The average Bonchev–Trinajstić information content (AvgIpc) is 2.88. The van der Waals surface area contributed by atoms with Crippen LogP contribution in [0.3, 0.4) is 0 Å². The van der Waals surface area contributed by atoms with Crippen molar-refractivity contribution in [2.45, 2.75) is 38.0 Å². The molecular formula is C14H16FNO4. The van der Waals surface area contributed by atoms with Gasteiger partial charge in [-0.3, -0.25) is 4.79 Å². The van der Waals surface area contributed by atoms with Crippen molar-refractivity contribution < 1.29 is 23.8 Å². The van der Waals surface area contributed by atoms with Crippen molar-refractivity contribution in [3.05, 3.63) is 35.6 Å². The van der Waals surface area contributed by atoms with Gasteiger partial charge >= 0.3 is 5.97 Å². The molecule has 1 aromatic carbocycles. The maximum Gasteiger partial charge on any atom is 0.332 e. The Labute approximate surface area is 115 Å². The van der Waals surface area contributed by atoms with Crippen molar-refractivity contribution in [2.75, 3.05) is 0 Å². The number of carbonyl (C=O) groups is 2. The smallest absolute Gasteiger partial charge is 0.332 e. The predicted octanol–water partition coefficient (Wildman–Crippen LogP) is 1.64. The highest BCUT2D eigenvalue weighted by atomic mass is 19.1. The van der Waals surface area contributed by atoms with Crippen LogP contribution in [0.1, 0.15) is 31.4 Å². The van der Waals surface area contributed by atoms with Gasteiger partial charge in [0.1, 0.15) is 11.9 Å². The summed E-state index contributed by atoms with van der Waals surface area (Å²) in [7, 11) is 0. The first-order chi connectivity index (χ1) is 9.47. The second-order valence-corrected chi connectivity index (χ2v) is 4.81. The van der Waals surface area contributed by atoms with Crippen molar-refractivity contribution in [2.24, 2.45) is 0 Å². The van der Waals surface area contributed by atoms with E-state index in [-0.39, 0.29) is 17.8 Å².